The number of para-hydroxylation sites is 5. The van der Waals surface area contributed by atoms with E-state index in [2.05, 4.69) is 186 Å². The first-order chi connectivity index (χ1) is 48.5. The van der Waals surface area contributed by atoms with Crippen LogP contribution in [-0.4, -0.2) is 148 Å². The summed E-state index contributed by atoms with van der Waals surface area (Å²) in [5.74, 6) is -0.207. The first-order valence-corrected chi connectivity index (χ1v) is 34.4. The fraction of sp³-hybridized carbons (Fsp3) is 0.455. The molecule has 3 atom stereocenters. The van der Waals surface area contributed by atoms with E-state index in [4.69, 9.17) is 44.4 Å². The minimum atomic E-state index is -0.753. The summed E-state index contributed by atoms with van der Waals surface area (Å²) in [5.41, 5.74) is 11.2. The van der Waals surface area contributed by atoms with Gasteiger partial charge in [0.1, 0.15) is 25.3 Å². The van der Waals surface area contributed by atoms with E-state index < -0.39 is 5.97 Å². The summed E-state index contributed by atoms with van der Waals surface area (Å²) in [7, 11) is 5.25. The molecule has 6 aromatic heterocycles. The average molecular weight is 2100 g/mol. The molecular formula is C77H120Ac3BN13NaO10. The number of aromatic nitrogens is 11. The molecule has 2 saturated heterocycles. The number of aromatic amines is 1. The van der Waals surface area contributed by atoms with E-state index in [1.54, 1.807) is 20.2 Å². The van der Waals surface area contributed by atoms with Gasteiger partial charge in [0.15, 0.2) is 12.6 Å². The summed E-state index contributed by atoms with van der Waals surface area (Å²) in [6.07, 6.45) is 2.66. The zero-order chi connectivity index (χ0) is 75.7. The van der Waals surface area contributed by atoms with Crippen LogP contribution in [0.5, 0.6) is 0 Å². The van der Waals surface area contributed by atoms with Crippen LogP contribution in [0.4, 0.5) is 5.82 Å². The smallest absolute Gasteiger partial charge is 0.715 e. The summed E-state index contributed by atoms with van der Waals surface area (Å²) < 4.78 is 29.3. The molecule has 2 aliphatic heterocycles. The zero-order valence-electron chi connectivity index (χ0n) is 66.0. The van der Waals surface area contributed by atoms with Crippen LogP contribution in [-0.2, 0) is 41.7 Å². The molecule has 0 aliphatic carbocycles. The average Bonchev–Trinajstić information content (AvgIpc) is 1.67. The Kier molecular flexibility index (Phi) is 72.3. The quantitative estimate of drug-likeness (QED) is 0.0360. The predicted octanol–water partition coefficient (Wildman–Crippen LogP) is 14.0. The second-order valence-electron chi connectivity index (χ2n) is 21.3. The SMILES string of the molecule is C.C=O.CC.CC.CC.CC.CCC1OCCO1.CCn1nc(C)c2ccccc21.CNC(C)C(C)C(=O)O.Cc1[nH]nc2ccccc12.Cc1nn(C(C)C)c2ccccc12.Cc1nn(C(C)C2OCCO2)c2ccccc12.Cc1nn(CNc2ccccn2)c2ccccc12.OO.[Ac].[Ac].[Ac].[B-]O.[Na+]. The predicted molar refractivity (Wildman–Crippen MR) is 417 cm³/mol. The Morgan fingerprint density at radius 1 is 0.562 bits per heavy atom. The molecule has 13 rings (SSSR count). The minimum Gasteiger partial charge on any atom is -0.715 e. The summed E-state index contributed by atoms with van der Waals surface area (Å²) in [4.78, 5) is 22.5. The standard InChI is InChI=1S/C14H14N4.C13H16N2O2.C11H14N2.C10H12N2.C8H8N2.C6H13NO2.C5H10O2.4C2H6.CH2O.CH4.3Ac.BHO.Na.H2O2/c1-11-12-6-2-3-7-13(12)18(17-11)10-16-14-8-4-5-9-15-14;1-9-11-5-3-4-6-12(11)15(14-9)10(2)13-16-7-8-17-13;1-8(2)13-11-7-5-4-6-10(11)9(3)12-13;1-3-12-10-7-5-4-6-9(10)8(2)11-12;1-6-7-4-2-3-5-8(7)10-9-6;1-4(6(8)9)5(2)7-3;1-2-5-6-3-4-7-5;5*1-2;;;;;1-2;;1-2/h2-9H,10H2,1H3,(H,15,16);3-6,10,13H,7-8H2,1-2H3;4-8H,1-3H3;4-7H,3H2,1-2H3;2-5H,1H3,(H,9,10);4-5,7H,1-3H3,(H,8,9);5H,2-4H2,1H3;4*1-2H3;1H2;1H4;;;;2H;;1-2H/q;;;;;;;;;;;;;;;;-1;+1;. The van der Waals surface area contributed by atoms with Crippen molar-refractivity contribution in [2.24, 2.45) is 5.92 Å². The largest absolute Gasteiger partial charge is 1.00 e. The molecule has 2 aliphatic rings. The van der Waals surface area contributed by atoms with E-state index >= 15 is 0 Å². The van der Waals surface area contributed by atoms with Gasteiger partial charge in [0, 0.05) is 190 Å². The number of hydrogen-bond donors (Lipinski definition) is 7. The maximum atomic E-state index is 10.3. The van der Waals surface area contributed by atoms with Gasteiger partial charge in [0.25, 0.3) is 0 Å². The molecule has 0 spiro atoms. The molecule has 0 amide bonds. The molecule has 11 aromatic rings. The van der Waals surface area contributed by atoms with E-state index in [9.17, 15) is 4.79 Å². The number of carbonyl (C=O) groups is 2. The molecule has 23 nitrogen and oxygen atoms in total. The van der Waals surface area contributed by atoms with Crippen molar-refractivity contribution in [3.05, 3.63) is 174 Å². The van der Waals surface area contributed by atoms with Crippen molar-refractivity contribution in [1.29, 1.82) is 0 Å². The third kappa shape index (κ3) is 37.5. The molecule has 28 heteroatoms. The van der Waals surface area contributed by atoms with Gasteiger partial charge in [0.05, 0.1) is 82.7 Å². The molecular weight excluding hydrogens is 1980 g/mol. The molecule has 105 heavy (non-hydrogen) atoms. The number of carboxylic acid groups (broad SMARTS) is 1. The van der Waals surface area contributed by atoms with Gasteiger partial charge in [-0.05, 0) is 125 Å². The van der Waals surface area contributed by atoms with Gasteiger partial charge < -0.3 is 52.6 Å². The van der Waals surface area contributed by atoms with E-state index in [-0.39, 0.29) is 200 Å². The summed E-state index contributed by atoms with van der Waals surface area (Å²) in [6.45, 7) is 46.7. The Bertz CT molecular complexity index is 3890. The van der Waals surface area contributed by atoms with Gasteiger partial charge in [0.2, 0.25) is 0 Å². The molecule has 5 aromatic carbocycles. The van der Waals surface area contributed by atoms with Crippen LogP contribution in [0.15, 0.2) is 146 Å². The topological polar surface area (TPSA) is 289 Å². The van der Waals surface area contributed by atoms with E-state index in [0.717, 1.165) is 77.0 Å². The van der Waals surface area contributed by atoms with Gasteiger partial charge in [-0.3, -0.25) is 34.5 Å². The fourth-order valence-electron chi connectivity index (χ4n) is 9.74. The number of benzene rings is 5. The molecule has 6 radical (unpaired) electrons. The van der Waals surface area contributed by atoms with Gasteiger partial charge in [-0.1, -0.05) is 174 Å². The van der Waals surface area contributed by atoms with Crippen LogP contribution in [0.3, 0.4) is 0 Å². The Morgan fingerprint density at radius 3 is 1.32 bits per heavy atom. The third-order valence-electron chi connectivity index (χ3n) is 14.8. The van der Waals surface area contributed by atoms with Crippen molar-refractivity contribution < 1.29 is 211 Å². The van der Waals surface area contributed by atoms with Crippen molar-refractivity contribution >= 4 is 81.1 Å². The van der Waals surface area contributed by atoms with Crippen LogP contribution < -0.4 is 40.2 Å². The van der Waals surface area contributed by atoms with Crippen molar-refractivity contribution in [3.8, 4) is 0 Å². The number of aryl methyl sites for hydroxylation is 6. The zero-order valence-corrected chi connectivity index (χ0v) is 82.2. The summed E-state index contributed by atoms with van der Waals surface area (Å²) >= 11 is 0. The van der Waals surface area contributed by atoms with E-state index in [0.29, 0.717) is 25.9 Å². The third-order valence-corrected chi connectivity index (χ3v) is 14.8. The number of carboxylic acids is 1. The van der Waals surface area contributed by atoms with Crippen LogP contribution >= 0.6 is 0 Å². The Labute approximate surface area is 756 Å². The summed E-state index contributed by atoms with van der Waals surface area (Å²) in [6, 6.07) is 47.6. The molecule has 3 unspecified atom stereocenters. The Hall–Kier alpha value is -3.39. The van der Waals surface area contributed by atoms with Crippen molar-refractivity contribution in [2.75, 3.05) is 38.8 Å². The number of anilines is 1. The molecule has 566 valence electrons. The van der Waals surface area contributed by atoms with Crippen LogP contribution in [0.2, 0.25) is 0 Å². The molecule has 2 fully saturated rings. The molecule has 0 bridgehead atoms. The first kappa shape index (κ1) is 113. The Balaban J connectivity index is -0.000000266. The van der Waals surface area contributed by atoms with E-state index in [1.165, 1.54) is 38.0 Å². The number of aliphatic carboxylic acids is 1. The molecule has 7 N–H and O–H groups in total. The fourth-order valence-corrected chi connectivity index (χ4v) is 9.74. The molecule has 8 heterocycles. The van der Waals surface area contributed by atoms with Crippen LogP contribution in [0.1, 0.15) is 158 Å². The maximum Gasteiger partial charge on any atom is 1.00 e. The monoisotopic (exact) mass is 2100 g/mol. The van der Waals surface area contributed by atoms with Gasteiger partial charge >= 0.3 is 35.5 Å². The van der Waals surface area contributed by atoms with Gasteiger partial charge in [-0.25, -0.2) is 9.67 Å². The maximum absolute atomic E-state index is 10.3. The number of carbonyl (C=O) groups excluding carboxylic acids is 1. The second-order valence-corrected chi connectivity index (χ2v) is 21.3. The summed E-state index contributed by atoms with van der Waals surface area (Å²) in [5, 5.41) is 64.3. The first-order valence-electron chi connectivity index (χ1n) is 34.4. The number of ether oxygens (including phenoxy) is 4. The van der Waals surface area contributed by atoms with Crippen molar-refractivity contribution in [2.45, 2.75) is 196 Å². The number of hydrogen-bond acceptors (Lipinski definition) is 17. The van der Waals surface area contributed by atoms with Gasteiger partial charge in [-0.15, -0.1) is 0 Å². The molecule has 0 saturated carbocycles. The second kappa shape index (κ2) is 67.5. The van der Waals surface area contributed by atoms with Crippen LogP contribution in [0.25, 0.3) is 54.5 Å². The Morgan fingerprint density at radius 2 is 0.933 bits per heavy atom. The van der Waals surface area contributed by atoms with Crippen LogP contribution in [0, 0.1) is 173 Å². The van der Waals surface area contributed by atoms with E-state index in [1.807, 2.05) is 165 Å². The van der Waals surface area contributed by atoms with Crippen molar-refractivity contribution in [3.63, 3.8) is 0 Å². The number of H-pyrrole nitrogens is 1. The number of rotatable bonds is 11. The normalized spacial score (nSPS) is 11.9. The van der Waals surface area contributed by atoms with Gasteiger partial charge in [-0.2, -0.15) is 25.5 Å². The number of pyridine rings is 1. The minimum absolute atomic E-state index is 0. The number of fused-ring (bicyclic) bond motifs is 5. The number of nitrogens with zero attached hydrogens (tertiary/aromatic N) is 10. The number of nitrogens with one attached hydrogen (secondary N) is 3. The van der Waals surface area contributed by atoms with Crippen molar-refractivity contribution in [1.82, 2.24) is 59.6 Å².